The van der Waals surface area contributed by atoms with Gasteiger partial charge in [-0.2, -0.15) is 0 Å². The van der Waals surface area contributed by atoms with Crippen LogP contribution in [0.2, 0.25) is 0 Å². The van der Waals surface area contributed by atoms with E-state index in [2.05, 4.69) is 0 Å². The molecule has 0 aliphatic carbocycles. The lowest BCUT2D eigenvalue weighted by atomic mass is 26.1. The third kappa shape index (κ3) is 1.84. The van der Waals surface area contributed by atoms with Gasteiger partial charge in [0.05, 0.1) is 0 Å². The highest BCUT2D eigenvalue weighted by atomic mass is 30.1. The zero-order valence-corrected chi connectivity index (χ0v) is 12.3. The van der Waals surface area contributed by atoms with Crippen molar-refractivity contribution in [2.75, 3.05) is 0 Å². The lowest BCUT2D eigenvalue weighted by Crippen LogP contribution is -2.38. The van der Waals surface area contributed by atoms with Crippen molar-refractivity contribution in [2.45, 2.75) is 0 Å². The third-order valence-corrected chi connectivity index (χ3v) is 107. The van der Waals surface area contributed by atoms with E-state index in [1.165, 1.54) is 8.55 Å². The summed E-state index contributed by atoms with van der Waals surface area (Å²) in [7, 11) is 5.89. The Balaban J connectivity index is 2.00. The van der Waals surface area contributed by atoms with Gasteiger partial charge in [0.25, 0.3) is 0 Å². The molecule has 0 N–H and O–H groups in total. The average molecular weight is 180 g/mol. The van der Waals surface area contributed by atoms with Crippen LogP contribution < -0.4 is 0 Å². The molecule has 35 valence electrons. The van der Waals surface area contributed by atoms with Gasteiger partial charge in [0.15, 0.2) is 0 Å². The smallest absolute Gasteiger partial charge is 0.00647 e. The predicted molar refractivity (Wildman–Crippen MR) is 49.9 cm³/mol. The van der Waals surface area contributed by atoms with Crippen LogP contribution in [-0.2, 0) is 0 Å². The molecule has 1 aliphatic rings. The Morgan fingerprint density at radius 2 is 1.50 bits per heavy atom. The van der Waals surface area contributed by atoms with E-state index in [4.69, 9.17) is 0 Å². The van der Waals surface area contributed by atoms with Crippen molar-refractivity contribution in [1.29, 1.82) is 0 Å². The molecule has 1 heterocycles. The largest absolute Gasteiger partial charge is 0.00934 e. The fraction of sp³-hybridized carbons (Fsp3) is 0. The minimum Gasteiger partial charge on any atom is -0.00934 e. The molecular formula is H11Si6. The van der Waals surface area contributed by atoms with E-state index in [9.17, 15) is 0 Å². The molecule has 1 saturated heterocycles. The van der Waals surface area contributed by atoms with Gasteiger partial charge < -0.3 is 0 Å². The Kier molecular flexibility index (Phi) is 3.01. The highest BCUT2D eigenvalue weighted by Gasteiger charge is 1.99. The second-order valence-electron chi connectivity index (χ2n) is 1.93. The summed E-state index contributed by atoms with van der Waals surface area (Å²) >= 11 is 0. The van der Waals surface area contributed by atoms with Gasteiger partial charge in [0, 0.05) is 0 Å². The first-order valence-corrected chi connectivity index (χ1v) is 25.3. The van der Waals surface area contributed by atoms with Crippen molar-refractivity contribution in [3.63, 3.8) is 0 Å². The Morgan fingerprint density at radius 3 is 1.67 bits per heavy atom. The van der Waals surface area contributed by atoms with E-state index < -0.39 is 0 Å². The summed E-state index contributed by atoms with van der Waals surface area (Å²) in [6, 6.07) is 0. The normalized spacial score (nSPS) is 44.0. The van der Waals surface area contributed by atoms with Gasteiger partial charge >= 0.3 is 0 Å². The van der Waals surface area contributed by atoms with Crippen LogP contribution in [0.5, 0.6) is 0 Å². The standard InChI is InChI=1S/H11Si6/c1-2-4-6-5-3-1/h1H,2-6H2. The molecule has 1 radical (unpaired) electrons. The number of rotatable bonds is 0. The molecule has 0 bridgehead atoms. The fourth-order valence-corrected chi connectivity index (χ4v) is 218. The zero-order chi connectivity index (χ0) is 4.24. The minimum absolute atomic E-state index is 0.889. The van der Waals surface area contributed by atoms with E-state index in [0.717, 1.165) is 42.8 Å². The van der Waals surface area contributed by atoms with Gasteiger partial charge in [0.1, 0.15) is 0 Å². The summed E-state index contributed by atoms with van der Waals surface area (Å²) in [6.45, 7) is 0. The first-order valence-electron chi connectivity index (χ1n) is 2.82. The lowest BCUT2D eigenvalue weighted by molar-refractivity contribution is 3.75. The maximum Gasteiger partial charge on any atom is -0.00647 e. The van der Waals surface area contributed by atoms with Crippen LogP contribution in [0.4, 0.5) is 0 Å². The highest BCUT2D eigenvalue weighted by molar-refractivity contribution is 7.76. The molecule has 6 heteroatoms. The van der Waals surface area contributed by atoms with Crippen molar-refractivity contribution in [2.24, 2.45) is 0 Å². The van der Waals surface area contributed by atoms with Gasteiger partial charge in [-0.25, -0.2) is 0 Å². The van der Waals surface area contributed by atoms with Crippen LogP contribution in [0.3, 0.4) is 0 Å². The molecule has 0 nitrogen and oxygen atoms in total. The molecule has 0 aromatic carbocycles. The highest BCUT2D eigenvalue weighted by Crippen LogP contribution is 1.62. The van der Waals surface area contributed by atoms with Gasteiger partial charge in [-0.15, -0.1) is 0 Å². The van der Waals surface area contributed by atoms with E-state index in [1.807, 2.05) is 0 Å². The molecular weight excluding hydrogens is 169 g/mol. The summed E-state index contributed by atoms with van der Waals surface area (Å²) in [5, 5.41) is 0. The monoisotopic (exact) mass is 179 g/mol. The van der Waals surface area contributed by atoms with Crippen LogP contribution in [0.1, 0.15) is 0 Å². The van der Waals surface area contributed by atoms with E-state index in [1.54, 1.807) is 0 Å². The van der Waals surface area contributed by atoms with Crippen LogP contribution in [0, 0.1) is 0 Å². The van der Waals surface area contributed by atoms with Crippen molar-refractivity contribution >= 4 is 51.3 Å². The Morgan fingerprint density at radius 1 is 0.833 bits per heavy atom. The molecule has 0 saturated carbocycles. The quantitative estimate of drug-likeness (QED) is 0.326. The second-order valence-corrected chi connectivity index (χ2v) is 52.0. The summed E-state index contributed by atoms with van der Waals surface area (Å²) in [5.74, 6) is 0. The van der Waals surface area contributed by atoms with E-state index in [-0.39, 0.29) is 0 Å². The molecule has 1 aliphatic heterocycles. The first-order chi connectivity index (χ1) is 3.00. The second kappa shape index (κ2) is 3.32. The molecule has 0 atom stereocenters. The van der Waals surface area contributed by atoms with Gasteiger partial charge in [0.2, 0.25) is 0 Å². The Hall–Kier alpha value is 1.30. The predicted octanol–water partition coefficient (Wildman–Crippen LogP) is -5.23. The topological polar surface area (TPSA) is 0 Å². The number of hydrogen-bond acceptors (Lipinski definition) is 0. The fourth-order valence-electron chi connectivity index (χ4n) is 0.898. The molecule has 0 amide bonds. The SMILES string of the molecule is [SiH]1[SiH2][SiH2][SiH2][SiH2][SiH2]1. The maximum absolute atomic E-state index is 1.34. The minimum atomic E-state index is 0.889. The van der Waals surface area contributed by atoms with Crippen LogP contribution in [0.15, 0.2) is 0 Å². The van der Waals surface area contributed by atoms with Crippen LogP contribution in [0.25, 0.3) is 0 Å². The van der Waals surface area contributed by atoms with Gasteiger partial charge in [-0.05, 0) is 51.3 Å². The molecule has 0 aromatic heterocycles. The van der Waals surface area contributed by atoms with E-state index >= 15 is 0 Å². The summed E-state index contributed by atoms with van der Waals surface area (Å²) in [6.07, 6.45) is 0. The van der Waals surface area contributed by atoms with Crippen molar-refractivity contribution in [1.82, 2.24) is 0 Å². The van der Waals surface area contributed by atoms with E-state index in [0.29, 0.717) is 0 Å². The number of hydrogen-bond donors (Lipinski definition) is 0. The Labute approximate surface area is 51.5 Å². The van der Waals surface area contributed by atoms with Crippen molar-refractivity contribution in [3.05, 3.63) is 0 Å². The maximum atomic E-state index is 1.34. The third-order valence-electron chi connectivity index (χ3n) is 1.32. The summed E-state index contributed by atoms with van der Waals surface area (Å²) < 4.78 is 0. The van der Waals surface area contributed by atoms with Crippen LogP contribution in [-0.4, -0.2) is 51.3 Å². The molecule has 1 fully saturated rings. The zero-order valence-electron chi connectivity index (χ0n) is 4.11. The van der Waals surface area contributed by atoms with Crippen molar-refractivity contribution < 1.29 is 0 Å². The molecule has 0 unspecified atom stereocenters. The molecule has 0 aromatic rings. The summed E-state index contributed by atoms with van der Waals surface area (Å²) in [5.41, 5.74) is 0. The van der Waals surface area contributed by atoms with Gasteiger partial charge in [-0.1, -0.05) is 0 Å². The molecule has 6 heavy (non-hydrogen) atoms. The molecule has 1 rings (SSSR count). The lowest BCUT2D eigenvalue weighted by Gasteiger charge is -2.01. The Bertz CT molecular complexity index is 15.5. The summed E-state index contributed by atoms with van der Waals surface area (Å²) in [4.78, 5) is 0. The van der Waals surface area contributed by atoms with Crippen molar-refractivity contribution in [3.8, 4) is 0 Å². The average Bonchev–Trinajstić information content (AvgIpc) is 1.72. The first kappa shape index (κ1) is 5.44. The molecule has 0 spiro atoms. The van der Waals surface area contributed by atoms with Crippen LogP contribution >= 0.6 is 0 Å². The van der Waals surface area contributed by atoms with Gasteiger partial charge in [-0.3, -0.25) is 0 Å².